The number of hydrazone groups is 1. The van der Waals surface area contributed by atoms with E-state index in [9.17, 15) is 9.18 Å². The minimum atomic E-state index is -0.372. The highest BCUT2D eigenvalue weighted by Gasteiger charge is 2.15. The van der Waals surface area contributed by atoms with Gasteiger partial charge in [-0.2, -0.15) is 5.10 Å². The van der Waals surface area contributed by atoms with E-state index in [0.717, 1.165) is 11.3 Å². The zero-order chi connectivity index (χ0) is 14.5. The topological polar surface area (TPSA) is 80.4 Å². The number of hydrogen-bond acceptors (Lipinski definition) is 5. The summed E-state index contributed by atoms with van der Waals surface area (Å²) in [5.41, 5.74) is 9.16. The standard InChI is InChI=1S/C13H13FN4OS/c1-2-10-11(20-13(15)17-10)12(19)18-16-7-8-4-3-5-9(14)6-8/h3-7H,2H2,1H3,(H2,15,17)(H,18,19)/b16-7-. The van der Waals surface area contributed by atoms with Crippen LogP contribution in [0.1, 0.15) is 27.9 Å². The first-order chi connectivity index (χ1) is 9.60. The Labute approximate surface area is 119 Å². The zero-order valence-corrected chi connectivity index (χ0v) is 11.6. The number of nitrogens with zero attached hydrogens (tertiary/aromatic N) is 2. The van der Waals surface area contributed by atoms with Crippen molar-refractivity contribution in [1.82, 2.24) is 10.4 Å². The Morgan fingerprint density at radius 3 is 3.10 bits per heavy atom. The monoisotopic (exact) mass is 292 g/mol. The van der Waals surface area contributed by atoms with Gasteiger partial charge in [-0.1, -0.05) is 30.4 Å². The lowest BCUT2D eigenvalue weighted by Crippen LogP contribution is -2.17. The van der Waals surface area contributed by atoms with Crippen LogP contribution in [-0.4, -0.2) is 17.1 Å². The van der Waals surface area contributed by atoms with Crippen LogP contribution in [0.4, 0.5) is 9.52 Å². The normalized spacial score (nSPS) is 10.9. The van der Waals surface area contributed by atoms with Crippen LogP contribution in [0.25, 0.3) is 0 Å². The van der Waals surface area contributed by atoms with E-state index in [1.807, 2.05) is 6.92 Å². The van der Waals surface area contributed by atoms with Gasteiger partial charge in [0, 0.05) is 0 Å². The molecular formula is C13H13FN4OS. The predicted molar refractivity (Wildman–Crippen MR) is 77.4 cm³/mol. The van der Waals surface area contributed by atoms with E-state index >= 15 is 0 Å². The molecule has 2 rings (SSSR count). The fourth-order valence-corrected chi connectivity index (χ4v) is 2.40. The number of rotatable bonds is 4. The van der Waals surface area contributed by atoms with Crippen LogP contribution in [0.15, 0.2) is 29.4 Å². The minimum Gasteiger partial charge on any atom is -0.375 e. The zero-order valence-electron chi connectivity index (χ0n) is 10.8. The van der Waals surface area contributed by atoms with Crippen LogP contribution in [0.2, 0.25) is 0 Å². The Hall–Kier alpha value is -2.28. The van der Waals surface area contributed by atoms with Gasteiger partial charge >= 0.3 is 0 Å². The third-order valence-electron chi connectivity index (χ3n) is 2.48. The summed E-state index contributed by atoms with van der Waals surface area (Å²) in [6.07, 6.45) is 1.99. The number of thiazole rings is 1. The molecule has 7 heteroatoms. The van der Waals surface area contributed by atoms with Crippen molar-refractivity contribution in [2.75, 3.05) is 5.73 Å². The summed E-state index contributed by atoms with van der Waals surface area (Å²) in [5.74, 6) is -0.729. The van der Waals surface area contributed by atoms with Gasteiger partial charge < -0.3 is 5.73 Å². The number of anilines is 1. The van der Waals surface area contributed by atoms with Crippen LogP contribution in [-0.2, 0) is 6.42 Å². The van der Waals surface area contributed by atoms with Crippen molar-refractivity contribution in [3.05, 3.63) is 46.2 Å². The lowest BCUT2D eigenvalue weighted by molar-refractivity contribution is 0.0958. The number of nitrogens with one attached hydrogen (secondary N) is 1. The first-order valence-electron chi connectivity index (χ1n) is 5.94. The molecule has 2 aromatic rings. The molecule has 3 N–H and O–H groups in total. The van der Waals surface area contributed by atoms with Gasteiger partial charge in [-0.15, -0.1) is 0 Å². The minimum absolute atomic E-state index is 0.348. The van der Waals surface area contributed by atoms with Crippen molar-refractivity contribution in [3.8, 4) is 0 Å². The number of amides is 1. The molecular weight excluding hydrogens is 279 g/mol. The maximum absolute atomic E-state index is 12.9. The van der Waals surface area contributed by atoms with Crippen LogP contribution >= 0.6 is 11.3 Å². The number of halogens is 1. The average molecular weight is 292 g/mol. The predicted octanol–water partition coefficient (Wildman–Crippen LogP) is 2.19. The molecule has 0 fully saturated rings. The average Bonchev–Trinajstić information content (AvgIpc) is 2.80. The number of nitrogen functional groups attached to an aromatic ring is 1. The molecule has 0 spiro atoms. The molecule has 1 heterocycles. The SMILES string of the molecule is CCc1nc(N)sc1C(=O)N/N=C\c1cccc(F)c1. The Kier molecular flexibility index (Phi) is 4.41. The molecule has 0 saturated carbocycles. The Morgan fingerprint density at radius 2 is 2.40 bits per heavy atom. The highest BCUT2D eigenvalue weighted by molar-refractivity contribution is 7.17. The third kappa shape index (κ3) is 3.39. The van der Waals surface area contributed by atoms with Crippen molar-refractivity contribution >= 4 is 28.6 Å². The third-order valence-corrected chi connectivity index (χ3v) is 3.41. The van der Waals surface area contributed by atoms with Gasteiger partial charge in [0.1, 0.15) is 10.7 Å². The molecule has 0 saturated heterocycles. The van der Waals surface area contributed by atoms with Crippen molar-refractivity contribution in [2.24, 2.45) is 5.10 Å². The van der Waals surface area contributed by atoms with Gasteiger partial charge in [0.15, 0.2) is 5.13 Å². The molecule has 0 bridgehead atoms. The van der Waals surface area contributed by atoms with Crippen molar-refractivity contribution in [3.63, 3.8) is 0 Å². The summed E-state index contributed by atoms with van der Waals surface area (Å²) in [7, 11) is 0. The maximum Gasteiger partial charge on any atom is 0.283 e. The number of nitrogens with two attached hydrogens (primary N) is 1. The van der Waals surface area contributed by atoms with Crippen LogP contribution < -0.4 is 11.2 Å². The fraction of sp³-hybridized carbons (Fsp3) is 0.154. The number of hydrogen-bond donors (Lipinski definition) is 2. The summed E-state index contributed by atoms with van der Waals surface area (Å²) < 4.78 is 12.9. The molecule has 1 aromatic carbocycles. The maximum atomic E-state index is 12.9. The molecule has 104 valence electrons. The molecule has 1 aromatic heterocycles. The molecule has 0 aliphatic rings. The fourth-order valence-electron chi connectivity index (χ4n) is 1.59. The second-order valence-corrected chi connectivity index (χ2v) is 4.97. The number of aromatic nitrogens is 1. The van der Waals surface area contributed by atoms with Gasteiger partial charge in [-0.05, 0) is 24.1 Å². The highest BCUT2D eigenvalue weighted by atomic mass is 32.1. The summed E-state index contributed by atoms with van der Waals surface area (Å²) in [5, 5.41) is 4.14. The lowest BCUT2D eigenvalue weighted by atomic mass is 10.2. The molecule has 0 unspecified atom stereocenters. The quantitative estimate of drug-likeness (QED) is 0.669. The first-order valence-corrected chi connectivity index (χ1v) is 6.76. The number of aryl methyl sites for hydroxylation is 1. The van der Waals surface area contributed by atoms with Crippen LogP contribution in [0, 0.1) is 5.82 Å². The Bertz CT molecular complexity index is 654. The van der Waals surface area contributed by atoms with E-state index in [4.69, 9.17) is 5.73 Å². The van der Waals surface area contributed by atoms with Crippen LogP contribution in [0.5, 0.6) is 0 Å². The molecule has 1 amide bonds. The second-order valence-electron chi connectivity index (χ2n) is 3.94. The molecule has 5 nitrogen and oxygen atoms in total. The van der Waals surface area contributed by atoms with E-state index in [1.54, 1.807) is 12.1 Å². The number of carbonyl (C=O) groups is 1. The Balaban J connectivity index is 2.05. The second kappa shape index (κ2) is 6.25. The van der Waals surface area contributed by atoms with E-state index in [2.05, 4.69) is 15.5 Å². The number of carbonyl (C=O) groups excluding carboxylic acids is 1. The summed E-state index contributed by atoms with van der Waals surface area (Å²) in [4.78, 5) is 16.4. The van der Waals surface area contributed by atoms with E-state index < -0.39 is 0 Å². The van der Waals surface area contributed by atoms with E-state index in [1.165, 1.54) is 18.3 Å². The molecule has 0 radical (unpaired) electrons. The molecule has 0 aliphatic carbocycles. The van der Waals surface area contributed by atoms with Crippen LogP contribution in [0.3, 0.4) is 0 Å². The summed E-state index contributed by atoms with van der Waals surface area (Å²) in [6, 6.07) is 5.90. The first kappa shape index (κ1) is 14.1. The number of benzene rings is 1. The van der Waals surface area contributed by atoms with E-state index in [-0.39, 0.29) is 11.7 Å². The summed E-state index contributed by atoms with van der Waals surface area (Å²) in [6.45, 7) is 1.89. The van der Waals surface area contributed by atoms with Gasteiger partial charge in [0.2, 0.25) is 0 Å². The van der Waals surface area contributed by atoms with Gasteiger partial charge in [-0.3, -0.25) is 4.79 Å². The molecule has 0 atom stereocenters. The van der Waals surface area contributed by atoms with Gasteiger partial charge in [0.05, 0.1) is 11.9 Å². The molecule has 0 aliphatic heterocycles. The van der Waals surface area contributed by atoms with Crippen molar-refractivity contribution in [1.29, 1.82) is 0 Å². The smallest absolute Gasteiger partial charge is 0.283 e. The van der Waals surface area contributed by atoms with E-state index in [0.29, 0.717) is 27.7 Å². The summed E-state index contributed by atoms with van der Waals surface area (Å²) >= 11 is 1.12. The van der Waals surface area contributed by atoms with Gasteiger partial charge in [0.25, 0.3) is 5.91 Å². The lowest BCUT2D eigenvalue weighted by Gasteiger charge is -1.98. The van der Waals surface area contributed by atoms with Crippen molar-refractivity contribution in [2.45, 2.75) is 13.3 Å². The highest BCUT2D eigenvalue weighted by Crippen LogP contribution is 2.20. The largest absolute Gasteiger partial charge is 0.375 e. The Morgan fingerprint density at radius 1 is 1.60 bits per heavy atom. The molecule has 20 heavy (non-hydrogen) atoms. The van der Waals surface area contributed by atoms with Crippen molar-refractivity contribution < 1.29 is 9.18 Å². The van der Waals surface area contributed by atoms with Gasteiger partial charge in [-0.25, -0.2) is 14.8 Å².